The molecule has 0 spiro atoms. The minimum absolute atomic E-state index is 0.0369. The third kappa shape index (κ3) is 4.42. The van der Waals surface area contributed by atoms with Crippen LogP contribution in [0.1, 0.15) is 22.4 Å². The number of carbonyl (C=O) groups is 1. The van der Waals surface area contributed by atoms with Gasteiger partial charge in [0.2, 0.25) is 5.91 Å². The minimum Gasteiger partial charge on any atom is -0.338 e. The molecule has 0 saturated heterocycles. The van der Waals surface area contributed by atoms with E-state index in [4.69, 9.17) is 11.6 Å². The number of likely N-dealkylation sites (N-methyl/N-ethyl adjacent to an activating group) is 1. The maximum Gasteiger partial charge on any atom is 0.416 e. The first-order valence-corrected chi connectivity index (χ1v) is 7.76. The van der Waals surface area contributed by atoms with E-state index in [1.54, 1.807) is 14.0 Å². The summed E-state index contributed by atoms with van der Waals surface area (Å²) in [5.74, 6) is -0.434. The van der Waals surface area contributed by atoms with Crippen LogP contribution in [0.3, 0.4) is 0 Å². The number of aryl methyl sites for hydroxylation is 2. The van der Waals surface area contributed by atoms with E-state index in [1.807, 2.05) is 0 Å². The fourth-order valence-corrected chi connectivity index (χ4v) is 2.62. The lowest BCUT2D eigenvalue weighted by atomic mass is 10.1. The van der Waals surface area contributed by atoms with Crippen molar-refractivity contribution in [3.63, 3.8) is 0 Å². The van der Waals surface area contributed by atoms with Crippen molar-refractivity contribution in [2.75, 3.05) is 7.05 Å². The molecule has 1 amide bonds. The molecule has 25 heavy (non-hydrogen) atoms. The molecule has 0 fully saturated rings. The first-order chi connectivity index (χ1) is 11.6. The zero-order valence-electron chi connectivity index (χ0n) is 13.9. The first kappa shape index (κ1) is 19.1. The Labute approximate surface area is 148 Å². The lowest BCUT2D eigenvalue weighted by molar-refractivity contribution is -0.139. The van der Waals surface area contributed by atoms with Crippen LogP contribution in [0.25, 0.3) is 6.08 Å². The molecule has 134 valence electrons. The Morgan fingerprint density at radius 2 is 2.00 bits per heavy atom. The Bertz CT molecular complexity index is 812. The summed E-state index contributed by atoms with van der Waals surface area (Å²) >= 11 is 6.08. The van der Waals surface area contributed by atoms with E-state index in [-0.39, 0.29) is 12.1 Å². The number of carbonyl (C=O) groups excluding carboxylic acids is 1. The highest BCUT2D eigenvalue weighted by Gasteiger charge is 2.33. The van der Waals surface area contributed by atoms with Gasteiger partial charge in [0.05, 0.1) is 11.3 Å². The third-order valence-electron chi connectivity index (χ3n) is 3.70. The molecular formula is C17H17ClF3N3O. The van der Waals surface area contributed by atoms with Gasteiger partial charge in [-0.25, -0.2) is 0 Å². The molecule has 0 unspecified atom stereocenters. The van der Waals surface area contributed by atoms with Crippen molar-refractivity contribution in [2.24, 2.45) is 7.05 Å². The van der Waals surface area contributed by atoms with Gasteiger partial charge in [-0.15, -0.1) is 0 Å². The Hall–Kier alpha value is -2.28. The molecule has 1 heterocycles. The number of nitrogens with zero attached hydrogens (tertiary/aromatic N) is 3. The summed E-state index contributed by atoms with van der Waals surface area (Å²) in [4.78, 5) is 13.4. The van der Waals surface area contributed by atoms with Crippen LogP contribution in [-0.4, -0.2) is 27.6 Å². The SMILES string of the molecule is Cc1nn(C)c(Cl)c1/C=C/C(=O)N(C)Cc1ccccc1C(F)(F)F. The van der Waals surface area contributed by atoms with Crippen molar-refractivity contribution < 1.29 is 18.0 Å². The second-order valence-electron chi connectivity index (χ2n) is 5.60. The van der Waals surface area contributed by atoms with E-state index in [0.29, 0.717) is 16.4 Å². The molecular weight excluding hydrogens is 355 g/mol. The summed E-state index contributed by atoms with van der Waals surface area (Å²) in [7, 11) is 3.12. The summed E-state index contributed by atoms with van der Waals surface area (Å²) in [6.45, 7) is 1.60. The van der Waals surface area contributed by atoms with Gasteiger partial charge in [-0.3, -0.25) is 9.48 Å². The second kappa shape index (κ2) is 7.31. The molecule has 2 rings (SSSR count). The van der Waals surface area contributed by atoms with E-state index >= 15 is 0 Å². The zero-order valence-corrected chi connectivity index (χ0v) is 14.7. The molecule has 0 N–H and O–H groups in total. The summed E-state index contributed by atoms with van der Waals surface area (Å²) in [5.41, 5.74) is 0.544. The zero-order chi connectivity index (χ0) is 18.8. The quantitative estimate of drug-likeness (QED) is 0.760. The smallest absolute Gasteiger partial charge is 0.338 e. The largest absolute Gasteiger partial charge is 0.416 e. The van der Waals surface area contributed by atoms with Crippen molar-refractivity contribution in [3.8, 4) is 0 Å². The summed E-state index contributed by atoms with van der Waals surface area (Å²) in [6, 6.07) is 5.19. The third-order valence-corrected chi connectivity index (χ3v) is 4.14. The molecule has 8 heteroatoms. The van der Waals surface area contributed by atoms with Crippen LogP contribution in [0.2, 0.25) is 5.15 Å². The normalized spacial score (nSPS) is 12.0. The molecule has 0 atom stereocenters. The van der Waals surface area contributed by atoms with Gasteiger partial charge < -0.3 is 4.90 Å². The van der Waals surface area contributed by atoms with Crippen LogP contribution in [0.5, 0.6) is 0 Å². The average Bonchev–Trinajstić information content (AvgIpc) is 2.77. The lowest BCUT2D eigenvalue weighted by Gasteiger charge is -2.19. The molecule has 0 bridgehead atoms. The van der Waals surface area contributed by atoms with E-state index < -0.39 is 17.6 Å². The molecule has 2 aromatic rings. The monoisotopic (exact) mass is 371 g/mol. The molecule has 1 aromatic heterocycles. The lowest BCUT2D eigenvalue weighted by Crippen LogP contribution is -2.25. The number of amides is 1. The van der Waals surface area contributed by atoms with E-state index in [2.05, 4.69) is 5.10 Å². The molecule has 4 nitrogen and oxygen atoms in total. The first-order valence-electron chi connectivity index (χ1n) is 7.38. The van der Waals surface area contributed by atoms with Crippen LogP contribution in [0.4, 0.5) is 13.2 Å². The van der Waals surface area contributed by atoms with Crippen LogP contribution in [0, 0.1) is 6.92 Å². The van der Waals surface area contributed by atoms with Gasteiger partial charge in [0.15, 0.2) is 0 Å². The summed E-state index contributed by atoms with van der Waals surface area (Å²) in [6.07, 6.45) is -1.68. The van der Waals surface area contributed by atoms with E-state index in [9.17, 15) is 18.0 Å². The van der Waals surface area contributed by atoms with E-state index in [1.165, 1.54) is 47.0 Å². The van der Waals surface area contributed by atoms with Crippen molar-refractivity contribution >= 4 is 23.6 Å². The maximum atomic E-state index is 13.0. The van der Waals surface area contributed by atoms with Crippen LogP contribution in [-0.2, 0) is 24.6 Å². The Kier molecular flexibility index (Phi) is 5.57. The summed E-state index contributed by atoms with van der Waals surface area (Å²) < 4.78 is 40.5. The Morgan fingerprint density at radius 1 is 1.36 bits per heavy atom. The van der Waals surface area contributed by atoms with E-state index in [0.717, 1.165) is 6.07 Å². The molecule has 0 aliphatic rings. The number of benzene rings is 1. The van der Waals surface area contributed by atoms with Crippen molar-refractivity contribution in [3.05, 3.63) is 57.9 Å². The number of hydrogen-bond donors (Lipinski definition) is 0. The van der Waals surface area contributed by atoms with Crippen molar-refractivity contribution in [2.45, 2.75) is 19.6 Å². The predicted octanol–water partition coefficient (Wildman–Crippen LogP) is 4.07. The van der Waals surface area contributed by atoms with Gasteiger partial charge in [0.1, 0.15) is 5.15 Å². The second-order valence-corrected chi connectivity index (χ2v) is 5.95. The number of hydrogen-bond acceptors (Lipinski definition) is 2. The molecule has 0 aliphatic heterocycles. The fourth-order valence-electron chi connectivity index (χ4n) is 2.39. The fraction of sp³-hybridized carbons (Fsp3) is 0.294. The highest BCUT2D eigenvalue weighted by Crippen LogP contribution is 2.32. The highest BCUT2D eigenvalue weighted by molar-refractivity contribution is 6.31. The van der Waals surface area contributed by atoms with Gasteiger partial charge in [-0.1, -0.05) is 29.8 Å². The number of aromatic nitrogens is 2. The molecule has 0 aliphatic carbocycles. The topological polar surface area (TPSA) is 38.1 Å². The molecule has 0 saturated carbocycles. The Balaban J connectivity index is 2.15. The van der Waals surface area contributed by atoms with Crippen LogP contribution in [0.15, 0.2) is 30.3 Å². The van der Waals surface area contributed by atoms with Gasteiger partial charge >= 0.3 is 6.18 Å². The molecule has 0 radical (unpaired) electrons. The highest BCUT2D eigenvalue weighted by atomic mass is 35.5. The van der Waals surface area contributed by atoms with Gasteiger partial charge in [-0.05, 0) is 24.6 Å². The van der Waals surface area contributed by atoms with Crippen molar-refractivity contribution in [1.29, 1.82) is 0 Å². The summed E-state index contributed by atoms with van der Waals surface area (Å²) in [5, 5.41) is 4.50. The molecule has 1 aromatic carbocycles. The van der Waals surface area contributed by atoms with Gasteiger partial charge in [-0.2, -0.15) is 18.3 Å². The predicted molar refractivity (Wildman–Crippen MR) is 89.9 cm³/mol. The van der Waals surface area contributed by atoms with Crippen molar-refractivity contribution in [1.82, 2.24) is 14.7 Å². The van der Waals surface area contributed by atoms with Crippen LogP contribution < -0.4 is 0 Å². The number of rotatable bonds is 4. The number of halogens is 4. The minimum atomic E-state index is -4.46. The standard InChI is InChI=1S/C17H17ClF3N3O/c1-11-13(16(18)24(3)22-11)8-9-15(25)23(2)10-12-6-4-5-7-14(12)17(19,20)21/h4-9H,10H2,1-3H3/b9-8+. The van der Waals surface area contributed by atoms with Crippen LogP contribution >= 0.6 is 11.6 Å². The average molecular weight is 372 g/mol. The maximum absolute atomic E-state index is 13.0. The van der Waals surface area contributed by atoms with Gasteiger partial charge in [0, 0.05) is 32.3 Å². The Morgan fingerprint density at radius 3 is 2.56 bits per heavy atom. The van der Waals surface area contributed by atoms with Gasteiger partial charge in [0.25, 0.3) is 0 Å². The number of alkyl halides is 3.